The number of ether oxygens (including phenoxy) is 1. The first-order chi connectivity index (χ1) is 15.8. The van der Waals surface area contributed by atoms with Gasteiger partial charge in [-0.25, -0.2) is 4.39 Å². The van der Waals surface area contributed by atoms with Gasteiger partial charge in [-0.05, 0) is 56.3 Å². The van der Waals surface area contributed by atoms with Crippen molar-refractivity contribution in [2.24, 2.45) is 0 Å². The molecule has 9 heteroatoms. The number of amides is 2. The molecule has 0 bridgehead atoms. The van der Waals surface area contributed by atoms with Crippen LogP contribution in [0.5, 0.6) is 5.75 Å². The lowest BCUT2D eigenvalue weighted by Gasteiger charge is -2.35. The second-order valence-electron chi connectivity index (χ2n) is 7.82. The van der Waals surface area contributed by atoms with E-state index in [2.05, 4.69) is 5.16 Å². The van der Waals surface area contributed by atoms with E-state index in [1.807, 2.05) is 13.8 Å². The van der Waals surface area contributed by atoms with Crippen LogP contribution < -0.4 is 4.74 Å². The van der Waals surface area contributed by atoms with Crippen molar-refractivity contribution in [3.8, 4) is 5.75 Å². The van der Waals surface area contributed by atoms with Gasteiger partial charge in [0.25, 0.3) is 11.8 Å². The van der Waals surface area contributed by atoms with Crippen LogP contribution in [0, 0.1) is 19.7 Å². The fraction of sp³-hybridized carbons (Fsp3) is 0.292. The van der Waals surface area contributed by atoms with Gasteiger partial charge in [-0.2, -0.15) is 0 Å². The molecular formula is C24H23ClFN3O4. The summed E-state index contributed by atoms with van der Waals surface area (Å²) in [4.78, 5) is 28.9. The van der Waals surface area contributed by atoms with Gasteiger partial charge in [-0.1, -0.05) is 16.8 Å². The lowest BCUT2D eigenvalue weighted by molar-refractivity contribution is 0.0535. The molecule has 2 heterocycles. The smallest absolute Gasteiger partial charge is 0.255 e. The Morgan fingerprint density at radius 2 is 1.67 bits per heavy atom. The highest BCUT2D eigenvalue weighted by atomic mass is 35.5. The maximum atomic E-state index is 13.3. The van der Waals surface area contributed by atoms with Crippen molar-refractivity contribution in [3.63, 3.8) is 0 Å². The van der Waals surface area contributed by atoms with Crippen LogP contribution in [0.2, 0.25) is 5.02 Å². The Balaban J connectivity index is 1.32. The summed E-state index contributed by atoms with van der Waals surface area (Å²) < 4.78 is 24.2. The van der Waals surface area contributed by atoms with Crippen molar-refractivity contribution in [1.82, 2.24) is 15.0 Å². The van der Waals surface area contributed by atoms with Crippen molar-refractivity contribution < 1.29 is 23.2 Å². The standard InChI is InChI=1S/C24H23ClFN3O4/c1-15-21(16(2)33-27-15)14-32-19-6-3-17(4-7-19)23(30)28-9-11-29(12-10-28)24(31)20-8-5-18(26)13-22(20)25/h3-8,13H,9-12,14H2,1-2H3. The summed E-state index contributed by atoms with van der Waals surface area (Å²) in [5.74, 6) is 0.481. The third-order valence-electron chi connectivity index (χ3n) is 5.68. The number of benzene rings is 2. The SMILES string of the molecule is Cc1noc(C)c1COc1ccc(C(=O)N2CCN(C(=O)c3ccc(F)cc3Cl)CC2)cc1. The molecule has 1 fully saturated rings. The minimum Gasteiger partial charge on any atom is -0.489 e. The van der Waals surface area contributed by atoms with Gasteiger partial charge >= 0.3 is 0 Å². The predicted octanol–water partition coefficient (Wildman–Crippen LogP) is 4.26. The van der Waals surface area contributed by atoms with Gasteiger partial charge in [-0.3, -0.25) is 9.59 Å². The third kappa shape index (κ3) is 5.01. The summed E-state index contributed by atoms with van der Waals surface area (Å²) in [6, 6.07) is 10.7. The zero-order valence-electron chi connectivity index (χ0n) is 18.3. The van der Waals surface area contributed by atoms with E-state index in [9.17, 15) is 14.0 Å². The average Bonchev–Trinajstić information content (AvgIpc) is 3.14. The van der Waals surface area contributed by atoms with Crippen LogP contribution in [-0.4, -0.2) is 52.9 Å². The zero-order valence-corrected chi connectivity index (χ0v) is 19.1. The molecule has 172 valence electrons. The quantitative estimate of drug-likeness (QED) is 0.555. The predicted molar refractivity (Wildman–Crippen MR) is 120 cm³/mol. The molecule has 0 unspecified atom stereocenters. The Hall–Kier alpha value is -3.39. The van der Waals surface area contributed by atoms with Crippen LogP contribution in [0.4, 0.5) is 4.39 Å². The van der Waals surface area contributed by atoms with Crippen LogP contribution in [0.15, 0.2) is 47.0 Å². The monoisotopic (exact) mass is 471 g/mol. The number of halogens is 2. The molecule has 2 aromatic carbocycles. The molecular weight excluding hydrogens is 449 g/mol. The molecule has 0 spiro atoms. The number of hydrogen-bond donors (Lipinski definition) is 0. The number of aromatic nitrogens is 1. The van der Waals surface area contributed by atoms with Crippen LogP contribution in [0.3, 0.4) is 0 Å². The van der Waals surface area contributed by atoms with Gasteiger partial charge in [0.1, 0.15) is 23.9 Å². The van der Waals surface area contributed by atoms with E-state index in [-0.39, 0.29) is 22.4 Å². The van der Waals surface area contributed by atoms with E-state index in [0.29, 0.717) is 44.1 Å². The van der Waals surface area contributed by atoms with Gasteiger partial charge in [0.15, 0.2) is 0 Å². The van der Waals surface area contributed by atoms with Crippen LogP contribution in [-0.2, 0) is 6.61 Å². The molecule has 1 aliphatic rings. The lowest BCUT2D eigenvalue weighted by atomic mass is 10.1. The second kappa shape index (κ2) is 9.62. The number of carbonyl (C=O) groups excluding carboxylic acids is 2. The van der Waals surface area contributed by atoms with E-state index in [1.54, 1.807) is 34.1 Å². The molecule has 4 rings (SSSR count). The first-order valence-electron chi connectivity index (χ1n) is 10.5. The summed E-state index contributed by atoms with van der Waals surface area (Å²) in [5, 5.41) is 3.99. The Labute approximate surface area is 195 Å². The van der Waals surface area contributed by atoms with Crippen molar-refractivity contribution in [2.75, 3.05) is 26.2 Å². The first-order valence-corrected chi connectivity index (χ1v) is 10.9. The maximum Gasteiger partial charge on any atom is 0.255 e. The topological polar surface area (TPSA) is 75.9 Å². The van der Waals surface area contributed by atoms with Crippen molar-refractivity contribution in [3.05, 3.63) is 81.4 Å². The maximum absolute atomic E-state index is 13.3. The average molecular weight is 472 g/mol. The molecule has 1 aliphatic heterocycles. The van der Waals surface area contributed by atoms with Gasteiger partial charge in [-0.15, -0.1) is 0 Å². The Bertz CT molecular complexity index is 1150. The summed E-state index contributed by atoms with van der Waals surface area (Å²) in [5.41, 5.74) is 2.49. The fourth-order valence-electron chi connectivity index (χ4n) is 3.69. The largest absolute Gasteiger partial charge is 0.489 e. The highest BCUT2D eigenvalue weighted by Crippen LogP contribution is 2.21. The summed E-state index contributed by atoms with van der Waals surface area (Å²) in [6.45, 7) is 5.57. The first kappa shape index (κ1) is 22.8. The molecule has 3 aromatic rings. The second-order valence-corrected chi connectivity index (χ2v) is 8.23. The van der Waals surface area contributed by atoms with E-state index in [1.165, 1.54) is 12.1 Å². The Morgan fingerprint density at radius 3 is 2.24 bits per heavy atom. The van der Waals surface area contributed by atoms with Gasteiger partial charge in [0.2, 0.25) is 0 Å². The number of nitrogens with zero attached hydrogens (tertiary/aromatic N) is 3. The Kier molecular flexibility index (Phi) is 6.65. The minimum atomic E-state index is -0.493. The molecule has 0 N–H and O–H groups in total. The van der Waals surface area contributed by atoms with Crippen molar-refractivity contribution in [1.29, 1.82) is 0 Å². The highest BCUT2D eigenvalue weighted by molar-refractivity contribution is 6.33. The van der Waals surface area contributed by atoms with E-state index >= 15 is 0 Å². The van der Waals surface area contributed by atoms with Crippen molar-refractivity contribution in [2.45, 2.75) is 20.5 Å². The van der Waals surface area contributed by atoms with Gasteiger partial charge < -0.3 is 19.1 Å². The normalized spacial score (nSPS) is 13.8. The number of hydrogen-bond acceptors (Lipinski definition) is 5. The number of aryl methyl sites for hydroxylation is 2. The number of rotatable bonds is 5. The molecule has 7 nitrogen and oxygen atoms in total. The zero-order chi connectivity index (χ0) is 23.5. The third-order valence-corrected chi connectivity index (χ3v) is 5.99. The molecule has 1 saturated heterocycles. The molecule has 0 saturated carbocycles. The van der Waals surface area contributed by atoms with E-state index in [4.69, 9.17) is 20.9 Å². The molecule has 0 aliphatic carbocycles. The van der Waals surface area contributed by atoms with Crippen molar-refractivity contribution >= 4 is 23.4 Å². The van der Waals surface area contributed by atoms with Gasteiger partial charge in [0.05, 0.1) is 21.8 Å². The van der Waals surface area contributed by atoms with E-state index in [0.717, 1.165) is 23.1 Å². The number of piperazine rings is 1. The highest BCUT2D eigenvalue weighted by Gasteiger charge is 2.26. The number of carbonyl (C=O) groups is 2. The van der Waals surface area contributed by atoms with Gasteiger partial charge in [0, 0.05) is 31.7 Å². The van der Waals surface area contributed by atoms with Crippen LogP contribution >= 0.6 is 11.6 Å². The molecule has 0 atom stereocenters. The molecule has 1 aromatic heterocycles. The summed E-state index contributed by atoms with van der Waals surface area (Å²) >= 11 is 6.01. The lowest BCUT2D eigenvalue weighted by Crippen LogP contribution is -2.50. The van der Waals surface area contributed by atoms with Crippen LogP contribution in [0.1, 0.15) is 37.7 Å². The van der Waals surface area contributed by atoms with E-state index < -0.39 is 5.82 Å². The molecule has 33 heavy (non-hydrogen) atoms. The van der Waals surface area contributed by atoms with Crippen LogP contribution in [0.25, 0.3) is 0 Å². The summed E-state index contributed by atoms with van der Waals surface area (Å²) in [6.07, 6.45) is 0. The summed E-state index contributed by atoms with van der Waals surface area (Å²) in [7, 11) is 0. The molecule has 0 radical (unpaired) electrons. The fourth-order valence-corrected chi connectivity index (χ4v) is 3.93. The minimum absolute atomic E-state index is 0.0789. The Morgan fingerprint density at radius 1 is 1.03 bits per heavy atom. The molecule has 2 amide bonds.